The largest absolute Gasteiger partial charge is 0.478 e. The molecule has 4 aromatic rings. The predicted molar refractivity (Wildman–Crippen MR) is 174 cm³/mol. The number of hydrogen-bond acceptors (Lipinski definition) is 4. The van der Waals surface area contributed by atoms with Crippen molar-refractivity contribution in [2.45, 2.75) is 27.7 Å². The summed E-state index contributed by atoms with van der Waals surface area (Å²) in [6.45, 7) is 7.88. The third-order valence-electron chi connectivity index (χ3n) is 5.42. The molecule has 6 N–H and O–H groups in total. The number of nitrogens with two attached hydrogens (primary N) is 2. The van der Waals surface area contributed by atoms with Crippen molar-refractivity contribution in [1.82, 2.24) is 0 Å². The number of hydrogen-bond donors (Lipinski definition) is 4. The first-order valence-corrected chi connectivity index (χ1v) is 13.8. The zero-order valence-electron chi connectivity index (χ0n) is 21.7. The van der Waals surface area contributed by atoms with E-state index < -0.39 is 5.97 Å². The van der Waals surface area contributed by atoms with Crippen molar-refractivity contribution in [1.29, 1.82) is 0 Å². The molecule has 0 heterocycles. The summed E-state index contributed by atoms with van der Waals surface area (Å²) in [5.41, 5.74) is 18.6. The molecule has 0 spiro atoms. The quantitative estimate of drug-likeness (QED) is 0.128. The molecule has 6 nitrogen and oxygen atoms in total. The molecule has 0 saturated heterocycles. The molecule has 0 aliphatic rings. The highest BCUT2D eigenvalue weighted by atomic mass is 127. The summed E-state index contributed by atoms with van der Waals surface area (Å²) in [4.78, 5) is 22.5. The fourth-order valence-corrected chi connectivity index (χ4v) is 4.13. The summed E-state index contributed by atoms with van der Waals surface area (Å²) in [5, 5.41) is 11.5. The van der Waals surface area contributed by atoms with Gasteiger partial charge in [-0.25, -0.2) is 4.79 Å². The lowest BCUT2D eigenvalue weighted by Gasteiger charge is -2.07. The molecule has 8 heteroatoms. The maximum atomic E-state index is 12.0. The predicted octanol–water partition coefficient (Wildman–Crippen LogP) is 7.62. The number of nitrogens with one attached hydrogen (secondary N) is 1. The van der Waals surface area contributed by atoms with Crippen LogP contribution >= 0.6 is 45.2 Å². The van der Waals surface area contributed by atoms with Crippen LogP contribution in [0.2, 0.25) is 0 Å². The number of amides is 1. The van der Waals surface area contributed by atoms with Gasteiger partial charge in [-0.15, -0.1) is 0 Å². The van der Waals surface area contributed by atoms with Crippen LogP contribution in [-0.2, 0) is 0 Å². The molecule has 198 valence electrons. The van der Waals surface area contributed by atoms with E-state index >= 15 is 0 Å². The summed E-state index contributed by atoms with van der Waals surface area (Å²) < 4.78 is 2.38. The Balaban J connectivity index is 0.000000217. The minimum absolute atomic E-state index is 0.0710. The van der Waals surface area contributed by atoms with Crippen LogP contribution in [0.15, 0.2) is 78.9 Å². The highest BCUT2D eigenvalue weighted by molar-refractivity contribution is 14.1. The minimum Gasteiger partial charge on any atom is -0.478 e. The van der Waals surface area contributed by atoms with Crippen LogP contribution in [0.3, 0.4) is 0 Å². The molecule has 0 unspecified atom stereocenters. The van der Waals surface area contributed by atoms with Gasteiger partial charge in [0.1, 0.15) is 0 Å². The van der Waals surface area contributed by atoms with Gasteiger partial charge in [-0.1, -0.05) is 29.8 Å². The van der Waals surface area contributed by atoms with Gasteiger partial charge in [-0.05, 0) is 144 Å². The number of carboxylic acids is 1. The number of carboxylic acid groups (broad SMARTS) is 1. The summed E-state index contributed by atoms with van der Waals surface area (Å²) >= 11 is 4.54. The number of halogens is 2. The van der Waals surface area contributed by atoms with Gasteiger partial charge in [-0.3, -0.25) is 4.79 Å². The van der Waals surface area contributed by atoms with Gasteiger partial charge in [0.05, 0.1) is 5.56 Å². The summed E-state index contributed by atoms with van der Waals surface area (Å²) in [5.74, 6) is -0.994. The van der Waals surface area contributed by atoms with Gasteiger partial charge >= 0.3 is 5.97 Å². The second-order valence-corrected chi connectivity index (χ2v) is 11.0. The maximum absolute atomic E-state index is 12.0. The molecule has 0 radical (unpaired) electrons. The highest BCUT2D eigenvalue weighted by Crippen LogP contribution is 2.18. The lowest BCUT2D eigenvalue weighted by Crippen LogP contribution is -2.12. The van der Waals surface area contributed by atoms with E-state index in [-0.39, 0.29) is 11.5 Å². The number of aromatic carboxylic acids is 1. The van der Waals surface area contributed by atoms with Crippen LogP contribution in [0.1, 0.15) is 43.0 Å². The molecular weight excluding hydrogens is 704 g/mol. The Morgan fingerprint density at radius 3 is 1.87 bits per heavy atom. The molecule has 0 aliphatic carbocycles. The van der Waals surface area contributed by atoms with Crippen LogP contribution < -0.4 is 16.8 Å². The van der Waals surface area contributed by atoms with Crippen molar-refractivity contribution in [3.05, 3.63) is 119 Å². The monoisotopic (exact) mass is 735 g/mol. The smallest absolute Gasteiger partial charge is 0.335 e. The second kappa shape index (κ2) is 14.7. The van der Waals surface area contributed by atoms with E-state index in [9.17, 15) is 9.59 Å². The first kappa shape index (κ1) is 31.1. The van der Waals surface area contributed by atoms with Gasteiger partial charge in [0.25, 0.3) is 5.91 Å². The van der Waals surface area contributed by atoms with Crippen molar-refractivity contribution in [2.24, 2.45) is 0 Å². The van der Waals surface area contributed by atoms with E-state index in [1.165, 1.54) is 20.8 Å². The third kappa shape index (κ3) is 9.97. The Morgan fingerprint density at radius 2 is 1.34 bits per heavy atom. The number of anilines is 3. The standard InChI is InChI=1S/C15H14INO.C8H9NO2.C7H8IN/c1-10-4-3-5-12(8-10)15(18)17-13-7-6-11(2)14(16)9-13;1-5-4-6(8(10)11)2-3-7(5)9;1-5-2-3-6(9)4-7(5)8/h3-9H,1-2H3,(H,17,18);2-4H,9H2,1H3,(H,10,11);2-4H,9H2,1H3. The summed E-state index contributed by atoms with van der Waals surface area (Å²) in [6, 6.07) is 24.0. The van der Waals surface area contributed by atoms with Crippen molar-refractivity contribution in [3.63, 3.8) is 0 Å². The van der Waals surface area contributed by atoms with Crippen LogP contribution in [0, 0.1) is 34.8 Å². The fraction of sp³-hybridized carbons (Fsp3) is 0.133. The Hall–Kier alpha value is -3.12. The van der Waals surface area contributed by atoms with Crippen molar-refractivity contribution >= 4 is 74.1 Å². The van der Waals surface area contributed by atoms with Gasteiger partial charge in [0.15, 0.2) is 0 Å². The summed E-state index contributed by atoms with van der Waals surface area (Å²) in [7, 11) is 0. The van der Waals surface area contributed by atoms with E-state index in [1.54, 1.807) is 19.1 Å². The Kier molecular flexibility index (Phi) is 12.0. The Labute approximate surface area is 251 Å². The zero-order valence-corrected chi connectivity index (χ0v) is 26.0. The molecule has 1 amide bonds. The van der Waals surface area contributed by atoms with Gasteiger partial charge in [0.2, 0.25) is 0 Å². The Morgan fingerprint density at radius 1 is 0.711 bits per heavy atom. The molecular formula is C30H31I2N3O3. The van der Waals surface area contributed by atoms with Crippen LogP contribution in [0.25, 0.3) is 0 Å². The number of benzene rings is 4. The van der Waals surface area contributed by atoms with Crippen LogP contribution in [0.4, 0.5) is 17.1 Å². The average molecular weight is 735 g/mol. The fourth-order valence-electron chi connectivity index (χ4n) is 3.08. The molecule has 0 saturated carbocycles. The zero-order chi connectivity index (χ0) is 28.4. The first-order valence-electron chi connectivity index (χ1n) is 11.6. The first-order chi connectivity index (χ1) is 17.9. The molecule has 0 fully saturated rings. The number of rotatable bonds is 3. The van der Waals surface area contributed by atoms with Crippen molar-refractivity contribution in [2.75, 3.05) is 16.8 Å². The number of carbonyl (C=O) groups is 2. The normalized spacial score (nSPS) is 9.84. The molecule has 4 aromatic carbocycles. The highest BCUT2D eigenvalue weighted by Gasteiger charge is 2.07. The summed E-state index contributed by atoms with van der Waals surface area (Å²) in [6.07, 6.45) is 0. The van der Waals surface area contributed by atoms with Gasteiger partial charge in [-0.2, -0.15) is 0 Å². The molecule has 38 heavy (non-hydrogen) atoms. The topological polar surface area (TPSA) is 118 Å². The van der Waals surface area contributed by atoms with Gasteiger partial charge < -0.3 is 21.9 Å². The molecule has 4 rings (SSSR count). The SMILES string of the molecule is Cc1cc(C(=O)O)ccc1N.Cc1ccc(N)cc1I.Cc1cccc(C(=O)Nc2ccc(C)c(I)c2)c1. The Bertz CT molecular complexity index is 1440. The van der Waals surface area contributed by atoms with Crippen LogP contribution in [-0.4, -0.2) is 17.0 Å². The molecule has 0 aromatic heterocycles. The van der Waals surface area contributed by atoms with Gasteiger partial charge in [0, 0.05) is 29.8 Å². The lowest BCUT2D eigenvalue weighted by molar-refractivity contribution is 0.0696. The van der Waals surface area contributed by atoms with Crippen LogP contribution in [0.5, 0.6) is 0 Å². The average Bonchev–Trinajstić information content (AvgIpc) is 2.86. The third-order valence-corrected chi connectivity index (χ3v) is 7.75. The number of aryl methyl sites for hydroxylation is 4. The molecule has 0 atom stereocenters. The molecule has 0 aliphatic heterocycles. The van der Waals surface area contributed by atoms with E-state index in [0.29, 0.717) is 11.3 Å². The lowest BCUT2D eigenvalue weighted by atomic mass is 10.1. The van der Waals surface area contributed by atoms with E-state index in [1.807, 2.05) is 74.5 Å². The van der Waals surface area contributed by atoms with Crippen molar-refractivity contribution < 1.29 is 14.7 Å². The minimum atomic E-state index is -0.923. The van der Waals surface area contributed by atoms with Crippen molar-refractivity contribution in [3.8, 4) is 0 Å². The van der Waals surface area contributed by atoms with E-state index in [4.69, 9.17) is 16.6 Å². The molecule has 0 bridgehead atoms. The number of nitrogen functional groups attached to an aromatic ring is 2. The van der Waals surface area contributed by atoms with E-state index in [2.05, 4.69) is 57.4 Å². The number of carbonyl (C=O) groups excluding carboxylic acids is 1. The van der Waals surface area contributed by atoms with E-state index in [0.717, 1.165) is 26.1 Å². The second-order valence-electron chi connectivity index (χ2n) is 8.67. The maximum Gasteiger partial charge on any atom is 0.335 e.